The number of sulfonamides is 1. The number of rotatable bonds is 16. The number of nitrogens with zero attached hydrogens (tertiary/aromatic N) is 3. The third kappa shape index (κ3) is 9.21. The number of benzene rings is 3. The van der Waals surface area contributed by atoms with Gasteiger partial charge in [0.2, 0.25) is 0 Å². The van der Waals surface area contributed by atoms with Gasteiger partial charge in [0.25, 0.3) is 10.0 Å². The van der Waals surface area contributed by atoms with Crippen LogP contribution < -0.4 is 14.8 Å². The molecule has 276 valence electrons. The van der Waals surface area contributed by atoms with Crippen LogP contribution in [0.2, 0.25) is 5.02 Å². The van der Waals surface area contributed by atoms with Crippen LogP contribution in [0.3, 0.4) is 0 Å². The van der Waals surface area contributed by atoms with Gasteiger partial charge < -0.3 is 14.5 Å². The zero-order chi connectivity index (χ0) is 37.6. The first-order valence-electron chi connectivity index (χ1n) is 16.6. The molecule has 0 fully saturated rings. The number of nitrogens with one attached hydrogen (secondary N) is 2. The zero-order valence-corrected chi connectivity index (χ0v) is 31.9. The average Bonchev–Trinajstić information content (AvgIpc) is 3.53. The normalized spacial score (nSPS) is 12.2. The molecule has 0 saturated carbocycles. The summed E-state index contributed by atoms with van der Waals surface area (Å²) in [4.78, 5) is 16.2. The number of imidazole rings is 1. The summed E-state index contributed by atoms with van der Waals surface area (Å²) >= 11 is 7.28. The number of urea groups is 1. The minimum atomic E-state index is -4.58. The van der Waals surface area contributed by atoms with E-state index in [2.05, 4.69) is 31.1 Å². The summed E-state index contributed by atoms with van der Waals surface area (Å²) in [7, 11) is -3.06. The van der Waals surface area contributed by atoms with Gasteiger partial charge in [0.05, 0.1) is 55.1 Å². The van der Waals surface area contributed by atoms with Gasteiger partial charge >= 0.3 is 6.03 Å². The van der Waals surface area contributed by atoms with Crippen LogP contribution in [0.15, 0.2) is 70.8 Å². The number of ether oxygens (including phenoxy) is 1. The summed E-state index contributed by atoms with van der Waals surface area (Å²) in [5.74, 6) is -2.43. The predicted octanol–water partition coefficient (Wildman–Crippen LogP) is 7.82. The molecule has 0 bridgehead atoms. The lowest BCUT2D eigenvalue weighted by Gasteiger charge is -2.35. The lowest BCUT2D eigenvalue weighted by molar-refractivity contribution is -0.923. The zero-order valence-electron chi connectivity index (χ0n) is 29.5. The summed E-state index contributed by atoms with van der Waals surface area (Å²) in [5.41, 5.74) is 1.00. The number of amides is 2. The maximum atomic E-state index is 15.4. The van der Waals surface area contributed by atoms with Gasteiger partial charge in [0, 0.05) is 35.4 Å². The fourth-order valence-corrected chi connectivity index (χ4v) is 8.06. The molecule has 15 heteroatoms. The van der Waals surface area contributed by atoms with Gasteiger partial charge in [-0.15, -0.1) is 0 Å². The van der Waals surface area contributed by atoms with Crippen molar-refractivity contribution in [3.63, 3.8) is 0 Å². The van der Waals surface area contributed by atoms with Gasteiger partial charge in [-0.1, -0.05) is 43.3 Å². The number of aromatic nitrogens is 2. The van der Waals surface area contributed by atoms with E-state index in [1.54, 1.807) is 29.0 Å². The third-order valence-corrected chi connectivity index (χ3v) is 12.0. The molecule has 1 aromatic heterocycles. The molecular weight excluding hydrogens is 723 g/mol. The van der Waals surface area contributed by atoms with Crippen molar-refractivity contribution in [2.45, 2.75) is 62.3 Å². The Morgan fingerprint density at radius 1 is 1.00 bits per heavy atom. The van der Waals surface area contributed by atoms with Crippen LogP contribution in [0.25, 0.3) is 5.69 Å². The van der Waals surface area contributed by atoms with Crippen molar-refractivity contribution < 1.29 is 35.6 Å². The molecule has 51 heavy (non-hydrogen) atoms. The Kier molecular flexibility index (Phi) is 13.2. The Morgan fingerprint density at radius 2 is 1.63 bits per heavy atom. The summed E-state index contributed by atoms with van der Waals surface area (Å²) in [5, 5.41) is 3.31. The minimum Gasteiger partial charge on any atom is -0.495 e. The molecule has 9 nitrogen and oxygen atoms in total. The molecule has 0 saturated heterocycles. The number of methoxy groups -OCH3 is 1. The van der Waals surface area contributed by atoms with Crippen molar-refractivity contribution in [1.82, 2.24) is 19.6 Å². The first kappa shape index (κ1) is 40.1. The molecule has 1 heterocycles. The Bertz CT molecular complexity index is 1920. The fraction of sp³-hybridized carbons (Fsp3) is 0.389. The van der Waals surface area contributed by atoms with Gasteiger partial charge in [-0.05, 0) is 74.9 Å². The van der Waals surface area contributed by atoms with Crippen molar-refractivity contribution in [2.75, 3.05) is 39.8 Å². The molecule has 0 radical (unpaired) electrons. The SMILES string of the molecule is CC[N+](CC)(CC)CCCNC(=O)NS(=O)(=O)c1cc(F)c(CSc2ncc(C(C)(C)c3ccc(Cl)c(OC)c3)n2-c2ccc(F)cc2)c(F)c1. The van der Waals surface area contributed by atoms with Crippen molar-refractivity contribution >= 4 is 39.4 Å². The van der Waals surface area contributed by atoms with E-state index >= 15 is 8.78 Å². The second-order valence-corrected chi connectivity index (χ2v) is 15.6. The molecule has 0 aliphatic heterocycles. The Balaban J connectivity index is 1.54. The Morgan fingerprint density at radius 3 is 2.22 bits per heavy atom. The van der Waals surface area contributed by atoms with Crippen LogP contribution in [0.5, 0.6) is 5.75 Å². The quantitative estimate of drug-likeness (QED) is 0.0686. The first-order valence-corrected chi connectivity index (χ1v) is 19.4. The third-order valence-electron chi connectivity index (χ3n) is 9.43. The van der Waals surface area contributed by atoms with Gasteiger partial charge in [0.15, 0.2) is 5.16 Å². The monoisotopic (exact) mass is 766 g/mol. The number of quaternary nitrogens is 1. The van der Waals surface area contributed by atoms with Crippen LogP contribution in [-0.4, -0.2) is 68.3 Å². The van der Waals surface area contributed by atoms with E-state index < -0.39 is 43.8 Å². The standard InChI is InChI=1S/C36H43ClF3N5O4S2/c1-7-45(8-2,9-3)18-10-17-41-34(46)43-51(47,48)27-20-30(39)28(31(40)21-27)23-50-35-42-22-33(44(35)26-14-12-25(38)13-15-26)36(4,5)24-11-16-29(37)32(19-24)49-6/h11-16,19-22H,7-10,17-18,23H2,1-6H3,(H-,41,43,46)/p+1. The van der Waals surface area contributed by atoms with E-state index in [1.165, 1.54) is 19.2 Å². The van der Waals surface area contributed by atoms with E-state index in [9.17, 15) is 17.6 Å². The van der Waals surface area contributed by atoms with Crippen molar-refractivity contribution in [1.29, 1.82) is 0 Å². The van der Waals surface area contributed by atoms with Gasteiger partial charge in [-0.25, -0.2) is 36.1 Å². The second kappa shape index (κ2) is 16.7. The van der Waals surface area contributed by atoms with E-state index in [1.807, 2.05) is 30.7 Å². The molecule has 0 aliphatic carbocycles. The molecule has 0 unspecified atom stereocenters. The first-order chi connectivity index (χ1) is 24.1. The number of hydrogen-bond donors (Lipinski definition) is 2. The summed E-state index contributed by atoms with van der Waals surface area (Å²) < 4.78 is 80.4. The molecule has 0 atom stereocenters. The highest BCUT2D eigenvalue weighted by Crippen LogP contribution is 2.39. The lowest BCUT2D eigenvalue weighted by Crippen LogP contribution is -2.49. The van der Waals surface area contributed by atoms with Crippen LogP contribution in [0.4, 0.5) is 18.0 Å². The molecule has 4 aromatic rings. The summed E-state index contributed by atoms with van der Waals surface area (Å²) in [6.45, 7) is 14.1. The topological polar surface area (TPSA) is 102 Å². The highest BCUT2D eigenvalue weighted by atomic mass is 35.5. The number of carbonyl (C=O) groups is 1. The number of thioether (sulfide) groups is 1. The average molecular weight is 767 g/mol. The van der Waals surface area contributed by atoms with Gasteiger partial charge in [0.1, 0.15) is 23.2 Å². The van der Waals surface area contributed by atoms with Crippen molar-refractivity contribution in [3.05, 3.63) is 100 Å². The predicted molar refractivity (Wildman–Crippen MR) is 195 cm³/mol. The number of halogens is 4. The van der Waals surface area contributed by atoms with Crippen LogP contribution in [-0.2, 0) is 21.2 Å². The van der Waals surface area contributed by atoms with E-state index in [0.717, 1.165) is 48.0 Å². The van der Waals surface area contributed by atoms with E-state index in [0.29, 0.717) is 45.9 Å². The highest BCUT2D eigenvalue weighted by molar-refractivity contribution is 7.98. The maximum Gasteiger partial charge on any atom is 0.328 e. The Labute approximate surface area is 307 Å². The molecular formula is C36H44ClF3N5O4S2+. The lowest BCUT2D eigenvalue weighted by atomic mass is 9.81. The maximum absolute atomic E-state index is 15.4. The van der Waals surface area contributed by atoms with Gasteiger partial charge in [-0.3, -0.25) is 4.57 Å². The van der Waals surface area contributed by atoms with Gasteiger partial charge in [-0.2, -0.15) is 0 Å². The molecule has 2 amide bonds. The van der Waals surface area contributed by atoms with Crippen molar-refractivity contribution in [2.24, 2.45) is 0 Å². The molecule has 0 aliphatic rings. The molecule has 3 aromatic carbocycles. The van der Waals surface area contributed by atoms with E-state index in [4.69, 9.17) is 16.3 Å². The van der Waals surface area contributed by atoms with E-state index in [-0.39, 0.29) is 17.9 Å². The summed E-state index contributed by atoms with van der Waals surface area (Å²) in [6, 6.07) is 11.5. The largest absolute Gasteiger partial charge is 0.495 e. The number of carbonyl (C=O) groups excluding carboxylic acids is 1. The minimum absolute atomic E-state index is 0.237. The van der Waals surface area contributed by atoms with Crippen LogP contribution >= 0.6 is 23.4 Å². The second-order valence-electron chi connectivity index (χ2n) is 12.6. The smallest absolute Gasteiger partial charge is 0.328 e. The summed E-state index contributed by atoms with van der Waals surface area (Å²) in [6.07, 6.45) is 2.27. The van der Waals surface area contributed by atoms with Crippen LogP contribution in [0.1, 0.15) is 57.9 Å². The number of hydrogen-bond acceptors (Lipinski definition) is 6. The fourth-order valence-electron chi connectivity index (χ4n) is 5.90. The molecule has 2 N–H and O–H groups in total. The molecule has 0 spiro atoms. The highest BCUT2D eigenvalue weighted by Gasteiger charge is 2.31. The van der Waals surface area contributed by atoms with Crippen molar-refractivity contribution in [3.8, 4) is 11.4 Å². The molecule has 4 rings (SSSR count). The Hall–Kier alpha value is -3.72. The van der Waals surface area contributed by atoms with Crippen LogP contribution in [0, 0.1) is 17.5 Å².